The quantitative estimate of drug-likeness (QED) is 0.746. The first-order chi connectivity index (χ1) is 11.3. The number of benzene rings is 1. The molecule has 1 aromatic rings. The lowest BCUT2D eigenvalue weighted by atomic mass is 10.2. The van der Waals surface area contributed by atoms with Gasteiger partial charge in [0.15, 0.2) is 0 Å². The zero-order valence-corrected chi connectivity index (χ0v) is 13.8. The number of methoxy groups -OCH3 is 1. The van der Waals surface area contributed by atoms with Crippen LogP contribution in [0.2, 0.25) is 5.02 Å². The first-order valence-electron chi connectivity index (χ1n) is 7.26. The van der Waals surface area contributed by atoms with Crippen molar-refractivity contribution in [2.75, 3.05) is 26.8 Å². The van der Waals surface area contributed by atoms with Gasteiger partial charge in [-0.1, -0.05) is 11.6 Å². The van der Waals surface area contributed by atoms with Crippen molar-refractivity contribution >= 4 is 23.6 Å². The maximum absolute atomic E-state index is 13.2. The van der Waals surface area contributed by atoms with Gasteiger partial charge in [-0.3, -0.25) is 4.79 Å². The van der Waals surface area contributed by atoms with Crippen LogP contribution in [0.25, 0.3) is 0 Å². The maximum Gasteiger partial charge on any atom is 0.410 e. The molecular weight excluding hydrogens is 343 g/mol. The summed E-state index contributed by atoms with van der Waals surface area (Å²) in [6.07, 6.45) is -1.02. The summed E-state index contributed by atoms with van der Waals surface area (Å²) in [6.45, 7) is 0.804. The van der Waals surface area contributed by atoms with Gasteiger partial charge in [0.05, 0.1) is 6.61 Å². The first-order valence-corrected chi connectivity index (χ1v) is 7.64. The van der Waals surface area contributed by atoms with Crippen molar-refractivity contribution in [2.24, 2.45) is 0 Å². The van der Waals surface area contributed by atoms with Gasteiger partial charge >= 0.3 is 6.09 Å². The number of rotatable bonds is 6. The van der Waals surface area contributed by atoms with Crippen molar-refractivity contribution in [3.05, 3.63) is 34.6 Å². The molecule has 2 N–H and O–H groups in total. The van der Waals surface area contributed by atoms with Crippen LogP contribution >= 0.6 is 11.6 Å². The number of likely N-dealkylation sites (tertiary alicyclic amines) is 1. The van der Waals surface area contributed by atoms with Crippen LogP contribution in [-0.4, -0.2) is 54.6 Å². The third kappa shape index (κ3) is 4.56. The summed E-state index contributed by atoms with van der Waals surface area (Å²) >= 11 is 5.72. The van der Waals surface area contributed by atoms with Crippen molar-refractivity contribution in [3.63, 3.8) is 0 Å². The number of aliphatic hydroxyl groups is 1. The lowest BCUT2D eigenvalue weighted by Crippen LogP contribution is -2.46. The predicted octanol–water partition coefficient (Wildman–Crippen LogP) is 1.27. The number of carbonyl (C=O) groups excluding carboxylic acids is 2. The highest BCUT2D eigenvalue weighted by atomic mass is 35.5. The summed E-state index contributed by atoms with van der Waals surface area (Å²) in [5.74, 6) is -3.42. The van der Waals surface area contributed by atoms with Gasteiger partial charge < -0.3 is 24.8 Å². The number of hydrogen-bond acceptors (Lipinski definition) is 5. The second-order valence-corrected chi connectivity index (χ2v) is 5.78. The summed E-state index contributed by atoms with van der Waals surface area (Å²) in [4.78, 5) is 25.2. The zero-order chi connectivity index (χ0) is 17.7. The lowest BCUT2D eigenvalue weighted by molar-refractivity contribution is -0.182. The molecule has 0 unspecified atom stereocenters. The van der Waals surface area contributed by atoms with E-state index in [0.29, 0.717) is 18.7 Å². The zero-order valence-electron chi connectivity index (χ0n) is 13.1. The molecule has 1 aliphatic heterocycles. The molecule has 24 heavy (non-hydrogen) atoms. The van der Waals surface area contributed by atoms with Gasteiger partial charge in [-0.25, -0.2) is 9.18 Å². The second kappa shape index (κ2) is 7.78. The fourth-order valence-corrected chi connectivity index (χ4v) is 2.57. The van der Waals surface area contributed by atoms with Crippen LogP contribution in [0.3, 0.4) is 0 Å². The highest BCUT2D eigenvalue weighted by Gasteiger charge is 2.48. The molecule has 9 heteroatoms. The van der Waals surface area contributed by atoms with E-state index < -0.39 is 23.6 Å². The Hall–Kier alpha value is -1.90. The summed E-state index contributed by atoms with van der Waals surface area (Å²) < 4.78 is 22.9. The summed E-state index contributed by atoms with van der Waals surface area (Å²) in [5.41, 5.74) is 0.420. The third-order valence-corrected chi connectivity index (χ3v) is 3.75. The number of nitrogens with one attached hydrogen (secondary N) is 1. The minimum atomic E-state index is -2.20. The smallest absolute Gasteiger partial charge is 0.407 e. The van der Waals surface area contributed by atoms with Crippen LogP contribution in [0.1, 0.15) is 12.0 Å². The molecule has 132 valence electrons. The molecule has 0 radical (unpaired) electrons. The Morgan fingerprint density at radius 3 is 2.92 bits per heavy atom. The van der Waals surface area contributed by atoms with Gasteiger partial charge in [0.2, 0.25) is 0 Å². The van der Waals surface area contributed by atoms with E-state index in [4.69, 9.17) is 21.1 Å². The van der Waals surface area contributed by atoms with E-state index in [1.165, 1.54) is 24.1 Å². The Labute approximate surface area is 143 Å². The van der Waals surface area contributed by atoms with Gasteiger partial charge in [-0.2, -0.15) is 0 Å². The highest BCUT2D eigenvalue weighted by molar-refractivity contribution is 6.30. The summed E-state index contributed by atoms with van der Waals surface area (Å²) in [7, 11) is 1.50. The molecule has 0 aromatic heterocycles. The highest BCUT2D eigenvalue weighted by Crippen LogP contribution is 2.24. The number of nitrogens with zero attached hydrogens (tertiary/aromatic N) is 1. The van der Waals surface area contributed by atoms with Crippen molar-refractivity contribution in [2.45, 2.75) is 18.8 Å². The van der Waals surface area contributed by atoms with E-state index in [9.17, 15) is 19.1 Å². The standard InChI is InChI=1S/C15H18ClFN2O5/c1-23-5-4-19-3-2-15(22,13(19)20)24-14(21)18-9-10-6-11(16)8-12(17)7-10/h6-8,22H,2-5,9H2,1H3,(H,18,21)/t15-/m0/s1. The average Bonchev–Trinajstić information content (AvgIpc) is 2.78. The van der Waals surface area contributed by atoms with Crippen LogP contribution in [-0.2, 0) is 20.8 Å². The molecule has 1 aromatic carbocycles. The Balaban J connectivity index is 1.88. The van der Waals surface area contributed by atoms with E-state index in [-0.39, 0.29) is 24.5 Å². The number of hydrogen-bond donors (Lipinski definition) is 2. The number of amides is 2. The van der Waals surface area contributed by atoms with Gasteiger partial charge in [0.25, 0.3) is 11.7 Å². The van der Waals surface area contributed by atoms with Gasteiger partial charge in [0, 0.05) is 38.2 Å². The van der Waals surface area contributed by atoms with Crippen LogP contribution in [0.15, 0.2) is 18.2 Å². The Morgan fingerprint density at radius 1 is 1.50 bits per heavy atom. The average molecular weight is 361 g/mol. The monoisotopic (exact) mass is 360 g/mol. The van der Waals surface area contributed by atoms with Gasteiger partial charge in [-0.05, 0) is 23.8 Å². The Kier molecular flexibility index (Phi) is 5.98. The minimum absolute atomic E-state index is 0.0330. The molecule has 7 nitrogen and oxygen atoms in total. The molecule has 1 heterocycles. The normalized spacial score (nSPS) is 20.3. The third-order valence-electron chi connectivity index (χ3n) is 3.53. The SMILES string of the molecule is COCCN1CC[C@](O)(OC(=O)NCc2cc(F)cc(Cl)c2)C1=O. The van der Waals surface area contributed by atoms with Gasteiger partial charge in [-0.15, -0.1) is 0 Å². The number of alkyl carbamates (subject to hydrolysis) is 1. The van der Waals surface area contributed by atoms with E-state index in [1.807, 2.05) is 0 Å². The second-order valence-electron chi connectivity index (χ2n) is 5.34. The number of halogens is 2. The van der Waals surface area contributed by atoms with Crippen molar-refractivity contribution in [1.82, 2.24) is 10.2 Å². The molecule has 2 rings (SSSR count). The van der Waals surface area contributed by atoms with E-state index in [1.54, 1.807) is 0 Å². The molecule has 1 atom stereocenters. The first kappa shape index (κ1) is 18.4. The Bertz CT molecular complexity index is 610. The molecule has 1 fully saturated rings. The lowest BCUT2D eigenvalue weighted by Gasteiger charge is -2.22. The molecular formula is C15H18ClFN2O5. The number of ether oxygens (including phenoxy) is 2. The molecule has 0 aliphatic carbocycles. The fraction of sp³-hybridized carbons (Fsp3) is 0.467. The van der Waals surface area contributed by atoms with Crippen molar-refractivity contribution < 1.29 is 28.6 Å². The molecule has 0 bridgehead atoms. The van der Waals surface area contributed by atoms with Crippen molar-refractivity contribution in [1.29, 1.82) is 0 Å². The molecule has 0 saturated carbocycles. The number of carbonyl (C=O) groups is 2. The largest absolute Gasteiger partial charge is 0.410 e. The predicted molar refractivity (Wildman–Crippen MR) is 82.8 cm³/mol. The fourth-order valence-electron chi connectivity index (χ4n) is 2.33. The topological polar surface area (TPSA) is 88.1 Å². The Morgan fingerprint density at radius 2 is 2.25 bits per heavy atom. The minimum Gasteiger partial charge on any atom is -0.407 e. The van der Waals surface area contributed by atoms with Crippen LogP contribution in [0.4, 0.5) is 9.18 Å². The van der Waals surface area contributed by atoms with Crippen LogP contribution in [0.5, 0.6) is 0 Å². The molecule has 2 amide bonds. The molecule has 0 spiro atoms. The van der Waals surface area contributed by atoms with Crippen LogP contribution in [0, 0.1) is 5.82 Å². The molecule has 1 saturated heterocycles. The van der Waals surface area contributed by atoms with E-state index in [0.717, 1.165) is 6.07 Å². The van der Waals surface area contributed by atoms with E-state index >= 15 is 0 Å². The van der Waals surface area contributed by atoms with E-state index in [2.05, 4.69) is 5.32 Å². The molecule has 1 aliphatic rings. The van der Waals surface area contributed by atoms with Gasteiger partial charge in [0.1, 0.15) is 5.82 Å². The van der Waals surface area contributed by atoms with Crippen LogP contribution < -0.4 is 5.32 Å². The summed E-state index contributed by atoms with van der Waals surface area (Å²) in [6, 6.07) is 3.82. The maximum atomic E-state index is 13.2. The van der Waals surface area contributed by atoms with Crippen molar-refractivity contribution in [3.8, 4) is 0 Å². The summed E-state index contributed by atoms with van der Waals surface area (Å²) in [5, 5.41) is 12.7.